The van der Waals surface area contributed by atoms with Crippen LogP contribution in [0.1, 0.15) is 10.5 Å². The van der Waals surface area contributed by atoms with E-state index in [-0.39, 0.29) is 0 Å². The Morgan fingerprint density at radius 2 is 2.28 bits per heavy atom. The molecule has 0 aromatic carbocycles. The molecule has 5 heteroatoms. The molecular formula is C13H10N2O2S. The van der Waals surface area contributed by atoms with Gasteiger partial charge in [0.15, 0.2) is 12.1 Å². The van der Waals surface area contributed by atoms with Gasteiger partial charge in [0.05, 0.1) is 23.7 Å². The normalized spacial score (nSPS) is 10.7. The fraction of sp³-hybridized carbons (Fsp3) is 0.0769. The predicted molar refractivity (Wildman–Crippen MR) is 70.4 cm³/mol. The van der Waals surface area contributed by atoms with Gasteiger partial charge in [-0.3, -0.25) is 9.20 Å². The second-order valence-electron chi connectivity index (χ2n) is 3.74. The van der Waals surface area contributed by atoms with Crippen molar-refractivity contribution >= 4 is 23.1 Å². The minimum atomic E-state index is 0.445. The molecule has 0 radical (unpaired) electrons. The maximum Gasteiger partial charge on any atom is 0.170 e. The number of carbonyl (C=O) groups excluding carboxylic acids is 1. The molecule has 0 fully saturated rings. The van der Waals surface area contributed by atoms with Crippen LogP contribution in [-0.4, -0.2) is 22.8 Å². The van der Waals surface area contributed by atoms with Gasteiger partial charge in [-0.25, -0.2) is 4.98 Å². The molecule has 0 spiro atoms. The summed E-state index contributed by atoms with van der Waals surface area (Å²) in [6.45, 7) is 0. The highest BCUT2D eigenvalue weighted by atomic mass is 32.1. The number of carbonyl (C=O) groups is 1. The molecule has 3 rings (SSSR count). The number of hydrogen-bond donors (Lipinski definition) is 0. The van der Waals surface area contributed by atoms with Crippen LogP contribution in [-0.2, 0) is 0 Å². The first-order valence-electron chi connectivity index (χ1n) is 5.38. The van der Waals surface area contributed by atoms with Crippen LogP contribution < -0.4 is 4.74 Å². The lowest BCUT2D eigenvalue weighted by Crippen LogP contribution is -1.90. The van der Waals surface area contributed by atoms with E-state index in [1.54, 1.807) is 18.4 Å². The number of fused-ring (bicyclic) bond motifs is 1. The Morgan fingerprint density at radius 3 is 2.94 bits per heavy atom. The molecule has 0 aliphatic rings. The Morgan fingerprint density at radius 1 is 1.39 bits per heavy atom. The Hall–Kier alpha value is -2.14. The van der Waals surface area contributed by atoms with Gasteiger partial charge in [0.25, 0.3) is 0 Å². The number of pyridine rings is 1. The Kier molecular flexibility index (Phi) is 2.60. The topological polar surface area (TPSA) is 43.6 Å². The lowest BCUT2D eigenvalue weighted by molar-refractivity contribution is 0.112. The molecule has 4 nitrogen and oxygen atoms in total. The summed E-state index contributed by atoms with van der Waals surface area (Å²) >= 11 is 1.59. The summed E-state index contributed by atoms with van der Waals surface area (Å²) in [6, 6.07) is 7.60. The summed E-state index contributed by atoms with van der Waals surface area (Å²) in [7, 11) is 1.61. The summed E-state index contributed by atoms with van der Waals surface area (Å²) in [4.78, 5) is 16.4. The van der Waals surface area contributed by atoms with Crippen molar-refractivity contribution in [1.29, 1.82) is 0 Å². The van der Waals surface area contributed by atoms with Gasteiger partial charge in [-0.2, -0.15) is 0 Å². The highest BCUT2D eigenvalue weighted by Crippen LogP contribution is 2.27. The van der Waals surface area contributed by atoms with Crippen LogP contribution in [0.5, 0.6) is 5.75 Å². The van der Waals surface area contributed by atoms with Gasteiger partial charge in [0.1, 0.15) is 11.4 Å². The number of imidazole rings is 1. The number of thiophene rings is 1. The van der Waals surface area contributed by atoms with E-state index in [0.717, 1.165) is 28.3 Å². The largest absolute Gasteiger partial charge is 0.495 e. The Labute approximate surface area is 107 Å². The third-order valence-electron chi connectivity index (χ3n) is 2.73. The van der Waals surface area contributed by atoms with Crippen molar-refractivity contribution in [2.24, 2.45) is 0 Å². The van der Waals surface area contributed by atoms with Gasteiger partial charge in [0, 0.05) is 0 Å². The van der Waals surface area contributed by atoms with Crippen molar-refractivity contribution in [2.45, 2.75) is 0 Å². The van der Waals surface area contributed by atoms with E-state index in [1.807, 2.05) is 40.2 Å². The monoisotopic (exact) mass is 258 g/mol. The second kappa shape index (κ2) is 4.27. The standard InChI is InChI=1S/C13H10N2O2S/c1-17-9-4-5-11-10(8-16)14-13(15(11)7-9)12-3-2-6-18-12/h2-8H,1H3. The van der Waals surface area contributed by atoms with Crippen molar-refractivity contribution in [2.75, 3.05) is 7.11 Å². The maximum atomic E-state index is 11.1. The highest BCUT2D eigenvalue weighted by molar-refractivity contribution is 7.13. The van der Waals surface area contributed by atoms with Crippen LogP contribution in [0.2, 0.25) is 0 Å². The van der Waals surface area contributed by atoms with Crippen molar-refractivity contribution in [3.05, 3.63) is 41.5 Å². The summed E-state index contributed by atoms with van der Waals surface area (Å²) in [5.74, 6) is 1.50. The molecule has 0 N–H and O–H groups in total. The number of ether oxygens (including phenoxy) is 1. The Bertz CT molecular complexity index is 701. The minimum Gasteiger partial charge on any atom is -0.495 e. The van der Waals surface area contributed by atoms with Crippen LogP contribution in [0.3, 0.4) is 0 Å². The van der Waals surface area contributed by atoms with Crippen LogP contribution in [0.25, 0.3) is 16.2 Å². The van der Waals surface area contributed by atoms with Crippen molar-refractivity contribution in [3.8, 4) is 16.5 Å². The quantitative estimate of drug-likeness (QED) is 0.678. The molecule has 0 bridgehead atoms. The van der Waals surface area contributed by atoms with Gasteiger partial charge in [-0.15, -0.1) is 11.3 Å². The van der Waals surface area contributed by atoms with Crippen molar-refractivity contribution in [3.63, 3.8) is 0 Å². The third-order valence-corrected chi connectivity index (χ3v) is 3.59. The molecule has 3 aromatic rings. The first-order valence-corrected chi connectivity index (χ1v) is 6.26. The average molecular weight is 258 g/mol. The van der Waals surface area contributed by atoms with Gasteiger partial charge in [-0.1, -0.05) is 6.07 Å². The number of rotatable bonds is 3. The number of hydrogen-bond acceptors (Lipinski definition) is 4. The molecule has 0 saturated heterocycles. The van der Waals surface area contributed by atoms with E-state index >= 15 is 0 Å². The maximum absolute atomic E-state index is 11.1. The molecule has 3 aromatic heterocycles. The molecule has 0 unspecified atom stereocenters. The lowest BCUT2D eigenvalue weighted by Gasteiger charge is -2.02. The average Bonchev–Trinajstić information content (AvgIpc) is 3.04. The summed E-state index contributed by atoms with van der Waals surface area (Å²) in [5, 5.41) is 1.98. The molecule has 3 heterocycles. The van der Waals surface area contributed by atoms with Gasteiger partial charge < -0.3 is 4.74 Å². The highest BCUT2D eigenvalue weighted by Gasteiger charge is 2.13. The first-order chi connectivity index (χ1) is 8.83. The molecule has 0 aliphatic carbocycles. The lowest BCUT2D eigenvalue weighted by atomic mass is 10.3. The molecule has 0 saturated carbocycles. The van der Waals surface area contributed by atoms with E-state index in [2.05, 4.69) is 4.98 Å². The third kappa shape index (κ3) is 1.60. The molecule has 18 heavy (non-hydrogen) atoms. The zero-order chi connectivity index (χ0) is 12.5. The zero-order valence-corrected chi connectivity index (χ0v) is 10.5. The van der Waals surface area contributed by atoms with E-state index in [4.69, 9.17) is 4.74 Å². The van der Waals surface area contributed by atoms with Crippen molar-refractivity contribution < 1.29 is 9.53 Å². The van der Waals surface area contributed by atoms with Crippen LogP contribution >= 0.6 is 11.3 Å². The number of aldehydes is 1. The van der Waals surface area contributed by atoms with E-state index in [0.29, 0.717) is 5.69 Å². The molecule has 90 valence electrons. The van der Waals surface area contributed by atoms with Crippen LogP contribution in [0, 0.1) is 0 Å². The van der Waals surface area contributed by atoms with Gasteiger partial charge in [0.2, 0.25) is 0 Å². The van der Waals surface area contributed by atoms with E-state index < -0.39 is 0 Å². The SMILES string of the molecule is COc1ccc2c(C=O)nc(-c3cccs3)n2c1. The smallest absolute Gasteiger partial charge is 0.170 e. The first kappa shape index (κ1) is 11.0. The summed E-state index contributed by atoms with van der Waals surface area (Å²) in [6.07, 6.45) is 2.61. The second-order valence-corrected chi connectivity index (χ2v) is 4.69. The minimum absolute atomic E-state index is 0.445. The van der Waals surface area contributed by atoms with Crippen LogP contribution in [0.4, 0.5) is 0 Å². The predicted octanol–water partition coefficient (Wildman–Crippen LogP) is 2.88. The number of nitrogens with zero attached hydrogens (tertiary/aromatic N) is 2. The molecular weight excluding hydrogens is 248 g/mol. The summed E-state index contributed by atoms with van der Waals surface area (Å²) < 4.78 is 7.09. The number of methoxy groups -OCH3 is 1. The summed E-state index contributed by atoms with van der Waals surface area (Å²) in [5.41, 5.74) is 1.23. The van der Waals surface area contributed by atoms with Crippen LogP contribution in [0.15, 0.2) is 35.8 Å². The van der Waals surface area contributed by atoms with Gasteiger partial charge >= 0.3 is 0 Å². The molecule has 0 amide bonds. The number of aromatic nitrogens is 2. The Balaban J connectivity index is 2.33. The van der Waals surface area contributed by atoms with E-state index in [9.17, 15) is 4.79 Å². The molecule has 0 atom stereocenters. The fourth-order valence-electron chi connectivity index (χ4n) is 1.88. The van der Waals surface area contributed by atoms with Gasteiger partial charge in [-0.05, 0) is 23.6 Å². The molecule has 0 aliphatic heterocycles. The van der Waals surface area contributed by atoms with E-state index in [1.165, 1.54) is 0 Å². The van der Waals surface area contributed by atoms with Crippen molar-refractivity contribution in [1.82, 2.24) is 9.38 Å². The fourth-order valence-corrected chi connectivity index (χ4v) is 2.59. The zero-order valence-electron chi connectivity index (χ0n) is 9.66.